The van der Waals surface area contributed by atoms with Gasteiger partial charge in [0.05, 0.1) is 12.0 Å². The number of carbonyl (C=O) groups excluding carboxylic acids is 1. The Bertz CT molecular complexity index is 344. The largest absolute Gasteiger partial charge is 0.496 e. The zero-order valence-electron chi connectivity index (χ0n) is 11.0. The highest BCUT2D eigenvalue weighted by atomic mass is 32.1. The molecule has 1 rings (SSSR count). The second-order valence-corrected chi connectivity index (χ2v) is 5.31. The molecule has 17 heavy (non-hydrogen) atoms. The van der Waals surface area contributed by atoms with Crippen molar-refractivity contribution in [3.63, 3.8) is 0 Å². The van der Waals surface area contributed by atoms with Crippen molar-refractivity contribution < 1.29 is 9.53 Å². The molecule has 1 aromatic heterocycles. The average Bonchev–Trinajstić information content (AvgIpc) is 2.83. The van der Waals surface area contributed by atoms with Crippen LogP contribution in [0.5, 0.6) is 5.75 Å². The normalized spacial score (nSPS) is 12.4. The summed E-state index contributed by atoms with van der Waals surface area (Å²) in [5.74, 6) is 1.59. The molecule has 0 fully saturated rings. The molecule has 0 saturated carbocycles. The molecule has 0 aromatic carbocycles. The van der Waals surface area contributed by atoms with Crippen LogP contribution in [0.3, 0.4) is 0 Å². The molecule has 1 heterocycles. The number of unbranched alkanes of at least 4 members (excludes halogenated alkanes) is 1. The second kappa shape index (κ2) is 7.49. The lowest BCUT2D eigenvalue weighted by Gasteiger charge is -2.12. The van der Waals surface area contributed by atoms with Crippen molar-refractivity contribution in [1.29, 1.82) is 0 Å². The van der Waals surface area contributed by atoms with E-state index in [1.165, 1.54) is 30.6 Å². The Kier molecular flexibility index (Phi) is 6.27. The monoisotopic (exact) mass is 254 g/mol. The summed E-state index contributed by atoms with van der Waals surface area (Å²) in [4.78, 5) is 12.9. The van der Waals surface area contributed by atoms with Gasteiger partial charge in [0.2, 0.25) is 0 Å². The molecule has 2 nitrogen and oxygen atoms in total. The van der Waals surface area contributed by atoms with Crippen molar-refractivity contribution in [1.82, 2.24) is 0 Å². The van der Waals surface area contributed by atoms with E-state index in [-0.39, 0.29) is 5.78 Å². The molecule has 0 N–H and O–H groups in total. The number of carbonyl (C=O) groups is 1. The number of Topliss-reactive ketones (excluding diaryl/α,β-unsaturated/α-hetero) is 1. The van der Waals surface area contributed by atoms with Gasteiger partial charge >= 0.3 is 0 Å². The van der Waals surface area contributed by atoms with Crippen LogP contribution in [-0.4, -0.2) is 12.9 Å². The molecule has 96 valence electrons. The molecule has 0 amide bonds. The van der Waals surface area contributed by atoms with E-state index in [2.05, 4.69) is 13.8 Å². The Morgan fingerprint density at radius 2 is 2.24 bits per heavy atom. The molecule has 0 aliphatic heterocycles. The molecule has 0 bridgehead atoms. The third-order valence-corrected chi connectivity index (χ3v) is 4.05. The van der Waals surface area contributed by atoms with Crippen molar-refractivity contribution in [2.45, 2.75) is 46.0 Å². The molecule has 0 radical (unpaired) electrons. The molecular formula is C14H22O2S. The molecular weight excluding hydrogens is 232 g/mol. The van der Waals surface area contributed by atoms with Crippen molar-refractivity contribution in [2.75, 3.05) is 7.11 Å². The third kappa shape index (κ3) is 4.50. The minimum atomic E-state index is 0.265. The first kappa shape index (κ1) is 14.2. The standard InChI is InChI=1S/C14H22O2S/c1-4-6-7-11(5-2)8-13(15)14-9-12(16-3)10-17-14/h9-11H,4-8H2,1-3H3. The van der Waals surface area contributed by atoms with Gasteiger partial charge in [0.15, 0.2) is 5.78 Å². The molecule has 0 aliphatic carbocycles. The average molecular weight is 254 g/mol. The highest BCUT2D eigenvalue weighted by Crippen LogP contribution is 2.25. The van der Waals surface area contributed by atoms with Gasteiger partial charge in [-0.25, -0.2) is 0 Å². The molecule has 1 aromatic rings. The number of methoxy groups -OCH3 is 1. The fourth-order valence-electron chi connectivity index (χ4n) is 1.88. The summed E-state index contributed by atoms with van der Waals surface area (Å²) in [5, 5.41) is 1.89. The highest BCUT2D eigenvalue weighted by molar-refractivity contribution is 7.12. The van der Waals surface area contributed by atoms with Crippen LogP contribution in [0.15, 0.2) is 11.4 Å². The molecule has 0 spiro atoms. The first-order valence-electron chi connectivity index (χ1n) is 6.36. The van der Waals surface area contributed by atoms with Gasteiger partial charge in [0.25, 0.3) is 0 Å². The summed E-state index contributed by atoms with van der Waals surface area (Å²) in [6.45, 7) is 4.36. The molecule has 1 unspecified atom stereocenters. The van der Waals surface area contributed by atoms with Crippen LogP contribution in [0.25, 0.3) is 0 Å². The maximum absolute atomic E-state index is 12.1. The van der Waals surface area contributed by atoms with Crippen molar-refractivity contribution in [3.05, 3.63) is 16.3 Å². The van der Waals surface area contributed by atoms with E-state index >= 15 is 0 Å². The van der Waals surface area contributed by atoms with E-state index in [1.54, 1.807) is 7.11 Å². The van der Waals surface area contributed by atoms with Gasteiger partial charge in [0.1, 0.15) is 5.75 Å². The predicted molar refractivity (Wildman–Crippen MR) is 73.1 cm³/mol. The molecule has 0 saturated heterocycles. The Balaban J connectivity index is 2.51. The number of hydrogen-bond acceptors (Lipinski definition) is 3. The number of thiophene rings is 1. The lowest BCUT2D eigenvalue weighted by Crippen LogP contribution is -2.07. The minimum absolute atomic E-state index is 0.265. The summed E-state index contributed by atoms with van der Waals surface area (Å²) in [7, 11) is 1.63. The van der Waals surface area contributed by atoms with Crippen LogP contribution in [-0.2, 0) is 0 Å². The van der Waals surface area contributed by atoms with Crippen LogP contribution in [0.2, 0.25) is 0 Å². The third-order valence-electron chi connectivity index (χ3n) is 3.10. The molecule has 0 aliphatic rings. The Morgan fingerprint density at radius 3 is 2.76 bits per heavy atom. The summed E-state index contributed by atoms with van der Waals surface area (Å²) in [6, 6.07) is 1.85. The summed E-state index contributed by atoms with van der Waals surface area (Å²) >= 11 is 1.48. The maximum atomic E-state index is 12.1. The van der Waals surface area contributed by atoms with Crippen LogP contribution in [0.1, 0.15) is 55.6 Å². The molecule has 3 heteroatoms. The minimum Gasteiger partial charge on any atom is -0.496 e. The molecule has 1 atom stereocenters. The summed E-state index contributed by atoms with van der Waals surface area (Å²) in [5.41, 5.74) is 0. The van der Waals surface area contributed by atoms with Crippen LogP contribution >= 0.6 is 11.3 Å². The van der Waals surface area contributed by atoms with E-state index in [0.29, 0.717) is 12.3 Å². The number of rotatable bonds is 8. The quantitative estimate of drug-likeness (QED) is 0.636. The fourth-order valence-corrected chi connectivity index (χ4v) is 2.68. The Labute approximate surface area is 108 Å². The number of ether oxygens (including phenoxy) is 1. The van der Waals surface area contributed by atoms with Crippen molar-refractivity contribution in [3.8, 4) is 5.75 Å². The first-order valence-corrected chi connectivity index (χ1v) is 7.24. The van der Waals surface area contributed by atoms with E-state index in [1.807, 2.05) is 11.4 Å². The number of ketones is 1. The van der Waals surface area contributed by atoms with Gasteiger partial charge in [-0.3, -0.25) is 4.79 Å². The maximum Gasteiger partial charge on any atom is 0.173 e. The van der Waals surface area contributed by atoms with Gasteiger partial charge < -0.3 is 4.74 Å². The fraction of sp³-hybridized carbons (Fsp3) is 0.643. The van der Waals surface area contributed by atoms with Crippen LogP contribution < -0.4 is 4.74 Å². The highest BCUT2D eigenvalue weighted by Gasteiger charge is 2.15. The zero-order valence-corrected chi connectivity index (χ0v) is 11.8. The van der Waals surface area contributed by atoms with Gasteiger partial charge in [-0.1, -0.05) is 39.5 Å². The van der Waals surface area contributed by atoms with E-state index in [0.717, 1.165) is 17.0 Å². The summed E-state index contributed by atoms with van der Waals surface area (Å²) < 4.78 is 5.10. The lowest BCUT2D eigenvalue weighted by molar-refractivity contribution is 0.0960. The van der Waals surface area contributed by atoms with Crippen molar-refractivity contribution >= 4 is 17.1 Å². The van der Waals surface area contributed by atoms with E-state index in [4.69, 9.17) is 4.74 Å². The first-order chi connectivity index (χ1) is 8.21. The van der Waals surface area contributed by atoms with Crippen molar-refractivity contribution in [2.24, 2.45) is 5.92 Å². The summed E-state index contributed by atoms with van der Waals surface area (Å²) in [6.07, 6.45) is 5.37. The van der Waals surface area contributed by atoms with E-state index in [9.17, 15) is 4.79 Å². The van der Waals surface area contributed by atoms with E-state index < -0.39 is 0 Å². The Morgan fingerprint density at radius 1 is 1.47 bits per heavy atom. The van der Waals surface area contributed by atoms with Gasteiger partial charge in [-0.2, -0.15) is 0 Å². The van der Waals surface area contributed by atoms with Crippen LogP contribution in [0.4, 0.5) is 0 Å². The number of hydrogen-bond donors (Lipinski definition) is 0. The van der Waals surface area contributed by atoms with Gasteiger partial charge in [-0.15, -0.1) is 11.3 Å². The zero-order chi connectivity index (χ0) is 12.7. The predicted octanol–water partition coefficient (Wildman–Crippen LogP) is 4.55. The SMILES string of the molecule is CCCCC(CC)CC(=O)c1cc(OC)cs1. The van der Waals surface area contributed by atoms with Gasteiger partial charge in [-0.05, 0) is 5.92 Å². The smallest absolute Gasteiger partial charge is 0.173 e. The second-order valence-electron chi connectivity index (χ2n) is 4.39. The van der Waals surface area contributed by atoms with Crippen LogP contribution in [0, 0.1) is 5.92 Å². The Hall–Kier alpha value is -0.830. The lowest BCUT2D eigenvalue weighted by atomic mass is 9.93. The topological polar surface area (TPSA) is 26.3 Å². The van der Waals surface area contributed by atoms with Gasteiger partial charge in [0, 0.05) is 17.9 Å².